The molecule has 1 unspecified atom stereocenters. The van der Waals surface area contributed by atoms with Gasteiger partial charge in [0.2, 0.25) is 0 Å². The largest absolute Gasteiger partial charge is 0.479 e. The molecule has 10 heteroatoms. The summed E-state index contributed by atoms with van der Waals surface area (Å²) in [5.41, 5.74) is 2.64. The van der Waals surface area contributed by atoms with Crippen LogP contribution < -0.4 is 9.64 Å². The van der Waals surface area contributed by atoms with E-state index in [1.807, 2.05) is 42.5 Å². The van der Waals surface area contributed by atoms with Gasteiger partial charge in [0.25, 0.3) is 17.7 Å². The quantitative estimate of drug-likeness (QED) is 0.367. The molecule has 0 saturated heterocycles. The number of aromatic nitrogens is 3. The van der Waals surface area contributed by atoms with Crippen LogP contribution in [0.15, 0.2) is 63.5 Å². The minimum atomic E-state index is -0.626. The van der Waals surface area contributed by atoms with Crippen LogP contribution in [0.2, 0.25) is 0 Å². The first-order chi connectivity index (χ1) is 17.0. The van der Waals surface area contributed by atoms with Gasteiger partial charge in [-0.25, -0.2) is 0 Å². The number of carbonyl (C=O) groups excluding carboxylic acids is 2. The van der Waals surface area contributed by atoms with Gasteiger partial charge < -0.3 is 23.3 Å². The number of hydrogen-bond donors (Lipinski definition) is 0. The van der Waals surface area contributed by atoms with Crippen molar-refractivity contribution in [3.05, 3.63) is 66.2 Å². The van der Waals surface area contributed by atoms with Crippen molar-refractivity contribution in [1.29, 1.82) is 0 Å². The molecule has 1 amide bonds. The molecule has 0 spiro atoms. The summed E-state index contributed by atoms with van der Waals surface area (Å²) in [7, 11) is 0. The average Bonchev–Trinajstić information content (AvgIpc) is 3.49. The maximum atomic E-state index is 12.6. The molecule has 0 bridgehead atoms. The van der Waals surface area contributed by atoms with Crippen LogP contribution in [0.5, 0.6) is 5.75 Å². The molecule has 1 atom stereocenters. The third kappa shape index (κ3) is 4.50. The topological polar surface area (TPSA) is 121 Å². The average molecular weight is 474 g/mol. The van der Waals surface area contributed by atoms with Crippen molar-refractivity contribution >= 4 is 17.6 Å². The lowest BCUT2D eigenvalue weighted by molar-refractivity contribution is -0.145. The second kappa shape index (κ2) is 9.41. The Morgan fingerprint density at radius 3 is 2.69 bits per heavy atom. The van der Waals surface area contributed by atoms with Crippen LogP contribution in [-0.4, -0.2) is 39.9 Å². The third-order valence-electron chi connectivity index (χ3n) is 5.56. The molecule has 0 N–H and O–H groups in total. The van der Waals surface area contributed by atoms with Crippen LogP contribution in [0.3, 0.4) is 0 Å². The molecule has 0 fully saturated rings. The van der Waals surface area contributed by atoms with E-state index in [1.54, 1.807) is 26.0 Å². The fraction of sp³-hybridized carbons (Fsp3) is 0.240. The van der Waals surface area contributed by atoms with Crippen LogP contribution >= 0.6 is 0 Å². The molecule has 2 aromatic heterocycles. The minimum absolute atomic E-state index is 0.00327. The lowest BCUT2D eigenvalue weighted by atomic mass is 10.1. The van der Waals surface area contributed by atoms with Gasteiger partial charge in [0.1, 0.15) is 22.8 Å². The first-order valence-electron chi connectivity index (χ1n) is 11.1. The summed E-state index contributed by atoms with van der Waals surface area (Å²) in [6, 6.07) is 16.7. The Labute approximate surface area is 200 Å². The van der Waals surface area contributed by atoms with Gasteiger partial charge in [-0.3, -0.25) is 9.59 Å². The molecular formula is C25H22N4O6. The monoisotopic (exact) mass is 474 g/mol. The Morgan fingerprint density at radius 1 is 1.09 bits per heavy atom. The summed E-state index contributed by atoms with van der Waals surface area (Å²) in [6.45, 7) is 3.40. The molecule has 3 heterocycles. The fourth-order valence-electron chi connectivity index (χ4n) is 3.84. The van der Waals surface area contributed by atoms with E-state index in [4.69, 9.17) is 18.4 Å². The standard InChI is InChI=1S/C25H22N4O6/c1-15-22(23(28-35-15)17-8-4-3-5-9-17)24-27-26-20(34-24)14-32-21(30)12-13-29-18-10-6-7-11-19(18)33-16(2)25(29)31/h3-11,16H,12-14H2,1-2H3. The number of hydrogen-bond acceptors (Lipinski definition) is 9. The number of ether oxygens (including phenoxy) is 2. The third-order valence-corrected chi connectivity index (χ3v) is 5.56. The Hall–Kier alpha value is -4.47. The number of rotatable bonds is 7. The van der Waals surface area contributed by atoms with Crippen molar-refractivity contribution in [3.8, 4) is 28.5 Å². The van der Waals surface area contributed by atoms with Crippen molar-refractivity contribution < 1.29 is 28.0 Å². The summed E-state index contributed by atoms with van der Waals surface area (Å²) in [4.78, 5) is 26.5. The van der Waals surface area contributed by atoms with Crippen molar-refractivity contribution in [2.45, 2.75) is 33.0 Å². The first kappa shape index (κ1) is 22.3. The highest BCUT2D eigenvalue weighted by atomic mass is 16.5. The second-order valence-corrected chi connectivity index (χ2v) is 7.96. The molecule has 0 saturated carbocycles. The summed E-state index contributed by atoms with van der Waals surface area (Å²) in [5.74, 6) is 0.773. The zero-order valence-electron chi connectivity index (χ0n) is 19.1. The van der Waals surface area contributed by atoms with Gasteiger partial charge in [0.05, 0.1) is 12.1 Å². The Bertz CT molecular complexity index is 1360. The molecule has 1 aliphatic heterocycles. The van der Waals surface area contributed by atoms with E-state index in [2.05, 4.69) is 15.4 Å². The Morgan fingerprint density at radius 2 is 1.86 bits per heavy atom. The number of nitrogens with zero attached hydrogens (tertiary/aromatic N) is 4. The number of aryl methyl sites for hydroxylation is 1. The van der Waals surface area contributed by atoms with Gasteiger partial charge >= 0.3 is 5.97 Å². The lowest BCUT2D eigenvalue weighted by Crippen LogP contribution is -2.45. The van der Waals surface area contributed by atoms with E-state index in [0.29, 0.717) is 28.5 Å². The molecule has 35 heavy (non-hydrogen) atoms. The number of benzene rings is 2. The van der Waals surface area contributed by atoms with E-state index in [-0.39, 0.29) is 37.3 Å². The maximum Gasteiger partial charge on any atom is 0.308 e. The maximum absolute atomic E-state index is 12.6. The van der Waals surface area contributed by atoms with E-state index >= 15 is 0 Å². The van der Waals surface area contributed by atoms with Crippen molar-refractivity contribution in [2.75, 3.05) is 11.4 Å². The molecular weight excluding hydrogens is 452 g/mol. The normalized spacial score (nSPS) is 15.0. The van der Waals surface area contributed by atoms with Gasteiger partial charge in [-0.05, 0) is 26.0 Å². The van der Waals surface area contributed by atoms with Crippen molar-refractivity contribution in [1.82, 2.24) is 15.4 Å². The summed E-state index contributed by atoms with van der Waals surface area (Å²) in [5, 5.41) is 12.2. The molecule has 10 nitrogen and oxygen atoms in total. The van der Waals surface area contributed by atoms with Crippen LogP contribution in [0.1, 0.15) is 25.0 Å². The highest BCUT2D eigenvalue weighted by molar-refractivity contribution is 6.00. The molecule has 4 aromatic rings. The van der Waals surface area contributed by atoms with Gasteiger partial charge in [-0.15, -0.1) is 10.2 Å². The molecule has 0 radical (unpaired) electrons. The predicted molar refractivity (Wildman–Crippen MR) is 123 cm³/mol. The number of amides is 1. The number of fused-ring (bicyclic) bond motifs is 1. The zero-order valence-corrected chi connectivity index (χ0v) is 19.1. The Kier molecular flexibility index (Phi) is 6.01. The highest BCUT2D eigenvalue weighted by Gasteiger charge is 2.31. The number of carbonyl (C=O) groups is 2. The predicted octanol–water partition coefficient (Wildman–Crippen LogP) is 3.95. The van der Waals surface area contributed by atoms with Crippen LogP contribution in [-0.2, 0) is 20.9 Å². The van der Waals surface area contributed by atoms with Crippen molar-refractivity contribution in [3.63, 3.8) is 0 Å². The summed E-state index contributed by atoms with van der Waals surface area (Å²) >= 11 is 0. The number of anilines is 1. The van der Waals surface area contributed by atoms with E-state index in [0.717, 1.165) is 5.56 Å². The Balaban J connectivity index is 1.22. The van der Waals surface area contributed by atoms with E-state index in [9.17, 15) is 9.59 Å². The minimum Gasteiger partial charge on any atom is -0.479 e. The summed E-state index contributed by atoms with van der Waals surface area (Å²) in [6.07, 6.45) is -0.629. The van der Waals surface area contributed by atoms with Crippen molar-refractivity contribution in [2.24, 2.45) is 0 Å². The molecule has 2 aromatic carbocycles. The SMILES string of the molecule is Cc1onc(-c2ccccc2)c1-c1nnc(COC(=O)CCN2C(=O)C(C)Oc3ccccc32)o1. The lowest BCUT2D eigenvalue weighted by Gasteiger charge is -2.32. The molecule has 0 aliphatic carbocycles. The smallest absolute Gasteiger partial charge is 0.308 e. The van der Waals surface area contributed by atoms with Crippen LogP contribution in [0.25, 0.3) is 22.7 Å². The van der Waals surface area contributed by atoms with E-state index in [1.165, 1.54) is 4.90 Å². The molecule has 178 valence electrons. The number of para-hydroxylation sites is 2. The first-order valence-corrected chi connectivity index (χ1v) is 11.1. The van der Waals surface area contributed by atoms with Gasteiger partial charge in [0.15, 0.2) is 12.7 Å². The zero-order chi connectivity index (χ0) is 24.4. The van der Waals surface area contributed by atoms with E-state index < -0.39 is 12.1 Å². The second-order valence-electron chi connectivity index (χ2n) is 7.96. The molecule has 1 aliphatic rings. The number of esters is 1. The van der Waals surface area contributed by atoms with Gasteiger partial charge in [0, 0.05) is 12.1 Å². The van der Waals surface area contributed by atoms with Gasteiger partial charge in [-0.2, -0.15) is 0 Å². The summed E-state index contributed by atoms with van der Waals surface area (Å²) < 4.78 is 22.0. The highest BCUT2D eigenvalue weighted by Crippen LogP contribution is 2.34. The fourth-order valence-corrected chi connectivity index (χ4v) is 3.84. The van der Waals surface area contributed by atoms with Crippen LogP contribution in [0.4, 0.5) is 5.69 Å². The van der Waals surface area contributed by atoms with Crippen LogP contribution in [0, 0.1) is 6.92 Å². The molecule has 5 rings (SSSR count). The van der Waals surface area contributed by atoms with Gasteiger partial charge in [-0.1, -0.05) is 47.6 Å².